The average Bonchev–Trinajstić information content (AvgIpc) is 2.37. The van der Waals surface area contributed by atoms with Crippen molar-refractivity contribution in [2.45, 2.75) is 23.8 Å². The summed E-state index contributed by atoms with van der Waals surface area (Å²) in [5.41, 5.74) is 5.83. The molecule has 1 fully saturated rings. The Morgan fingerprint density at radius 1 is 1.30 bits per heavy atom. The lowest BCUT2D eigenvalue weighted by atomic mass is 10.1. The molecule has 112 valence electrons. The third kappa shape index (κ3) is 3.04. The zero-order valence-corrected chi connectivity index (χ0v) is 13.3. The number of hydrogen-bond acceptors (Lipinski definition) is 4. The van der Waals surface area contributed by atoms with E-state index in [9.17, 15) is 8.42 Å². The molecule has 1 aromatic carbocycles. The van der Waals surface area contributed by atoms with Gasteiger partial charge in [-0.25, -0.2) is 8.42 Å². The van der Waals surface area contributed by atoms with Crippen molar-refractivity contribution < 1.29 is 13.2 Å². The van der Waals surface area contributed by atoms with Crippen LogP contribution < -0.4 is 5.73 Å². The van der Waals surface area contributed by atoms with E-state index in [2.05, 4.69) is 0 Å². The van der Waals surface area contributed by atoms with E-state index in [1.165, 1.54) is 23.5 Å². The van der Waals surface area contributed by atoms with Gasteiger partial charge in [0.2, 0.25) is 10.0 Å². The highest BCUT2D eigenvalue weighted by Crippen LogP contribution is 2.34. The molecule has 0 amide bonds. The average molecular weight is 339 g/mol. The fourth-order valence-electron chi connectivity index (χ4n) is 2.24. The first-order valence-corrected chi connectivity index (χ1v) is 8.34. The number of nitrogens with two attached hydrogens (primary N) is 1. The van der Waals surface area contributed by atoms with Crippen molar-refractivity contribution in [3.8, 4) is 0 Å². The third-order valence-corrected chi connectivity index (χ3v) is 6.04. The predicted octanol–water partition coefficient (Wildman–Crippen LogP) is 2.38. The van der Waals surface area contributed by atoms with E-state index in [0.717, 1.165) is 0 Å². The molecule has 1 aliphatic rings. The molecule has 1 saturated heterocycles. The molecule has 1 aliphatic heterocycles. The van der Waals surface area contributed by atoms with Gasteiger partial charge in [0.15, 0.2) is 0 Å². The van der Waals surface area contributed by atoms with Crippen molar-refractivity contribution in [3.05, 3.63) is 22.2 Å². The SMILES string of the molecule is CN(C1CCOCC1)S(=O)(=O)c1c(N)cc(Cl)cc1Cl. The van der Waals surface area contributed by atoms with Crippen molar-refractivity contribution in [3.63, 3.8) is 0 Å². The van der Waals surface area contributed by atoms with Gasteiger partial charge in [-0.05, 0) is 25.0 Å². The summed E-state index contributed by atoms with van der Waals surface area (Å²) >= 11 is 11.8. The minimum atomic E-state index is -3.75. The summed E-state index contributed by atoms with van der Waals surface area (Å²) in [6, 6.07) is 2.65. The molecule has 1 heterocycles. The zero-order chi connectivity index (χ0) is 14.9. The zero-order valence-electron chi connectivity index (χ0n) is 11.0. The van der Waals surface area contributed by atoms with Gasteiger partial charge in [0.25, 0.3) is 0 Å². The molecule has 0 saturated carbocycles. The van der Waals surface area contributed by atoms with Gasteiger partial charge in [-0.1, -0.05) is 23.2 Å². The maximum atomic E-state index is 12.7. The van der Waals surface area contributed by atoms with Crippen LogP contribution in [0.2, 0.25) is 10.0 Å². The second-order valence-corrected chi connectivity index (χ2v) is 7.45. The number of ether oxygens (including phenoxy) is 1. The van der Waals surface area contributed by atoms with Gasteiger partial charge < -0.3 is 10.5 Å². The van der Waals surface area contributed by atoms with Crippen LogP contribution in [-0.2, 0) is 14.8 Å². The fourth-order valence-corrected chi connectivity index (χ4v) is 4.60. The summed E-state index contributed by atoms with van der Waals surface area (Å²) in [7, 11) is -2.22. The van der Waals surface area contributed by atoms with Crippen LogP contribution in [0.25, 0.3) is 0 Å². The molecule has 5 nitrogen and oxygen atoms in total. The molecule has 20 heavy (non-hydrogen) atoms. The van der Waals surface area contributed by atoms with Crippen LogP contribution in [0.3, 0.4) is 0 Å². The molecule has 0 atom stereocenters. The predicted molar refractivity (Wildman–Crippen MR) is 79.7 cm³/mol. The molecule has 0 aromatic heterocycles. The Bertz CT molecular complexity index is 578. The smallest absolute Gasteiger partial charge is 0.246 e. The number of hydrogen-bond donors (Lipinski definition) is 1. The number of anilines is 1. The van der Waals surface area contributed by atoms with Gasteiger partial charge >= 0.3 is 0 Å². The molecule has 2 rings (SSSR count). The molecule has 1 aromatic rings. The van der Waals surface area contributed by atoms with Crippen molar-refractivity contribution in [1.29, 1.82) is 0 Å². The van der Waals surface area contributed by atoms with Gasteiger partial charge in [0, 0.05) is 31.3 Å². The Morgan fingerprint density at radius 2 is 1.90 bits per heavy atom. The summed E-state index contributed by atoms with van der Waals surface area (Å²) in [6.45, 7) is 1.10. The summed E-state index contributed by atoms with van der Waals surface area (Å²) in [4.78, 5) is -0.0856. The van der Waals surface area contributed by atoms with E-state index in [-0.39, 0.29) is 21.6 Å². The normalized spacial score (nSPS) is 17.6. The summed E-state index contributed by atoms with van der Waals surface area (Å²) in [5, 5.41) is 0.342. The lowest BCUT2D eigenvalue weighted by Gasteiger charge is -2.30. The largest absolute Gasteiger partial charge is 0.398 e. The van der Waals surface area contributed by atoms with Crippen LogP contribution in [-0.4, -0.2) is 39.0 Å². The Hall–Kier alpha value is -0.530. The second-order valence-electron chi connectivity index (χ2n) is 4.67. The van der Waals surface area contributed by atoms with E-state index in [0.29, 0.717) is 31.1 Å². The summed E-state index contributed by atoms with van der Waals surface area (Å²) in [6.07, 6.45) is 1.31. The maximum absolute atomic E-state index is 12.7. The molecule has 0 bridgehead atoms. The molecule has 2 N–H and O–H groups in total. The van der Waals surface area contributed by atoms with E-state index in [4.69, 9.17) is 33.7 Å². The molecule has 0 aliphatic carbocycles. The van der Waals surface area contributed by atoms with Crippen LogP contribution in [0, 0.1) is 0 Å². The van der Waals surface area contributed by atoms with E-state index in [1.807, 2.05) is 0 Å². The van der Waals surface area contributed by atoms with Gasteiger partial charge in [0.1, 0.15) is 4.90 Å². The molecule has 0 unspecified atom stereocenters. The van der Waals surface area contributed by atoms with Crippen LogP contribution in [0.4, 0.5) is 5.69 Å². The van der Waals surface area contributed by atoms with E-state index < -0.39 is 10.0 Å². The fraction of sp³-hybridized carbons (Fsp3) is 0.500. The Kier molecular flexibility index (Phi) is 4.81. The molecule has 0 radical (unpaired) electrons. The van der Waals surface area contributed by atoms with Crippen molar-refractivity contribution >= 4 is 38.9 Å². The standard InChI is InChI=1S/C12H16Cl2N2O3S/c1-16(9-2-4-19-5-3-9)20(17,18)12-10(14)6-8(13)7-11(12)15/h6-7,9H,2-5,15H2,1H3. The van der Waals surface area contributed by atoms with Crippen LogP contribution in [0.1, 0.15) is 12.8 Å². The molecular weight excluding hydrogens is 323 g/mol. The van der Waals surface area contributed by atoms with Crippen molar-refractivity contribution in [1.82, 2.24) is 4.31 Å². The first kappa shape index (κ1) is 15.9. The summed E-state index contributed by atoms with van der Waals surface area (Å²) < 4.78 is 31.9. The highest BCUT2D eigenvalue weighted by Gasteiger charge is 2.32. The Morgan fingerprint density at radius 3 is 2.45 bits per heavy atom. The van der Waals surface area contributed by atoms with Gasteiger partial charge in [0.05, 0.1) is 10.7 Å². The quantitative estimate of drug-likeness (QED) is 0.858. The third-order valence-electron chi connectivity index (χ3n) is 3.38. The maximum Gasteiger partial charge on any atom is 0.246 e. The van der Waals surface area contributed by atoms with Crippen LogP contribution in [0.15, 0.2) is 17.0 Å². The number of nitrogen functional groups attached to an aromatic ring is 1. The Labute approximate surface area is 128 Å². The highest BCUT2D eigenvalue weighted by atomic mass is 35.5. The van der Waals surface area contributed by atoms with Crippen molar-refractivity contribution in [2.75, 3.05) is 26.0 Å². The lowest BCUT2D eigenvalue weighted by Crippen LogP contribution is -2.40. The number of benzene rings is 1. The number of rotatable bonds is 3. The first-order valence-electron chi connectivity index (χ1n) is 6.14. The number of nitrogens with zero attached hydrogens (tertiary/aromatic N) is 1. The second kappa shape index (κ2) is 6.07. The van der Waals surface area contributed by atoms with Crippen LogP contribution in [0.5, 0.6) is 0 Å². The van der Waals surface area contributed by atoms with Crippen molar-refractivity contribution in [2.24, 2.45) is 0 Å². The lowest BCUT2D eigenvalue weighted by molar-refractivity contribution is 0.0632. The van der Waals surface area contributed by atoms with E-state index in [1.54, 1.807) is 0 Å². The highest BCUT2D eigenvalue weighted by molar-refractivity contribution is 7.89. The monoisotopic (exact) mass is 338 g/mol. The van der Waals surface area contributed by atoms with E-state index >= 15 is 0 Å². The summed E-state index contributed by atoms with van der Waals surface area (Å²) in [5.74, 6) is 0. The number of halogens is 2. The minimum absolute atomic E-state index is 0.0360. The minimum Gasteiger partial charge on any atom is -0.398 e. The molecule has 0 spiro atoms. The van der Waals surface area contributed by atoms with Gasteiger partial charge in [-0.15, -0.1) is 0 Å². The first-order chi connectivity index (χ1) is 9.34. The van der Waals surface area contributed by atoms with Gasteiger partial charge in [-0.3, -0.25) is 0 Å². The molecular formula is C12H16Cl2N2O3S. The topological polar surface area (TPSA) is 72.6 Å². The number of sulfonamides is 1. The molecule has 8 heteroatoms. The Balaban J connectivity index is 2.39. The van der Waals surface area contributed by atoms with Crippen LogP contribution >= 0.6 is 23.2 Å². The van der Waals surface area contributed by atoms with Gasteiger partial charge in [-0.2, -0.15) is 4.31 Å².